The van der Waals surface area contributed by atoms with Gasteiger partial charge in [-0.3, -0.25) is 0 Å². The SMILES string of the molecule is Clc1cc(-c2ccc3ccccc3c2)ccc1Br. The molecule has 0 amide bonds. The van der Waals surface area contributed by atoms with Gasteiger partial charge in [0, 0.05) is 4.47 Å². The van der Waals surface area contributed by atoms with E-state index in [9.17, 15) is 0 Å². The molecule has 3 rings (SSSR count). The highest BCUT2D eigenvalue weighted by molar-refractivity contribution is 9.10. The van der Waals surface area contributed by atoms with E-state index in [1.54, 1.807) is 0 Å². The highest BCUT2D eigenvalue weighted by Crippen LogP contribution is 2.30. The van der Waals surface area contributed by atoms with Crippen molar-refractivity contribution in [2.75, 3.05) is 0 Å². The second kappa shape index (κ2) is 4.75. The molecule has 0 fully saturated rings. The fourth-order valence-electron chi connectivity index (χ4n) is 2.04. The van der Waals surface area contributed by atoms with Crippen LogP contribution < -0.4 is 0 Å². The van der Waals surface area contributed by atoms with Crippen LogP contribution in [0.25, 0.3) is 21.9 Å². The van der Waals surface area contributed by atoms with E-state index >= 15 is 0 Å². The van der Waals surface area contributed by atoms with E-state index in [4.69, 9.17) is 11.6 Å². The smallest absolute Gasteiger partial charge is 0.0554 e. The summed E-state index contributed by atoms with van der Waals surface area (Å²) in [5.74, 6) is 0. The van der Waals surface area contributed by atoms with Crippen molar-refractivity contribution in [2.24, 2.45) is 0 Å². The molecule has 0 saturated carbocycles. The van der Waals surface area contributed by atoms with Crippen LogP contribution in [0.15, 0.2) is 65.1 Å². The molecule has 0 unspecified atom stereocenters. The van der Waals surface area contributed by atoms with Crippen LogP contribution in [0.1, 0.15) is 0 Å². The average Bonchev–Trinajstić information content (AvgIpc) is 2.41. The summed E-state index contributed by atoms with van der Waals surface area (Å²) in [7, 11) is 0. The van der Waals surface area contributed by atoms with Crippen LogP contribution in [0, 0.1) is 0 Å². The molecule has 0 saturated heterocycles. The number of fused-ring (bicyclic) bond motifs is 1. The first-order valence-corrected chi connectivity index (χ1v) is 6.85. The van der Waals surface area contributed by atoms with Gasteiger partial charge in [0.15, 0.2) is 0 Å². The van der Waals surface area contributed by atoms with E-state index in [0.29, 0.717) is 0 Å². The fourth-order valence-corrected chi connectivity index (χ4v) is 2.47. The number of benzene rings is 3. The van der Waals surface area contributed by atoms with E-state index in [0.717, 1.165) is 15.1 Å². The Labute approximate surface area is 119 Å². The quantitative estimate of drug-likeness (QED) is 0.522. The monoisotopic (exact) mass is 316 g/mol. The molecule has 0 aromatic heterocycles. The molecule has 0 nitrogen and oxygen atoms in total. The predicted molar refractivity (Wildman–Crippen MR) is 82.1 cm³/mol. The standard InChI is InChI=1S/C16H10BrCl/c17-15-8-7-14(10-16(15)18)13-6-5-11-3-1-2-4-12(11)9-13/h1-10H. The second-order valence-electron chi connectivity index (χ2n) is 4.19. The van der Waals surface area contributed by atoms with E-state index in [1.165, 1.54) is 16.3 Å². The molecule has 0 spiro atoms. The van der Waals surface area contributed by atoms with Crippen molar-refractivity contribution in [2.45, 2.75) is 0 Å². The minimum absolute atomic E-state index is 0.737. The first-order chi connectivity index (χ1) is 8.74. The summed E-state index contributed by atoms with van der Waals surface area (Å²) in [6, 6.07) is 20.8. The Morgan fingerprint density at radius 1 is 0.722 bits per heavy atom. The zero-order chi connectivity index (χ0) is 12.5. The first kappa shape index (κ1) is 11.8. The fraction of sp³-hybridized carbons (Fsp3) is 0. The highest BCUT2D eigenvalue weighted by Gasteiger charge is 2.02. The van der Waals surface area contributed by atoms with Crippen LogP contribution in [0.3, 0.4) is 0 Å². The normalized spacial score (nSPS) is 10.8. The van der Waals surface area contributed by atoms with Crippen molar-refractivity contribution >= 4 is 38.3 Å². The molecule has 0 heterocycles. The lowest BCUT2D eigenvalue weighted by molar-refractivity contribution is 1.61. The lowest BCUT2D eigenvalue weighted by Gasteiger charge is -2.05. The van der Waals surface area contributed by atoms with Crippen LogP contribution in [0.4, 0.5) is 0 Å². The Morgan fingerprint density at radius 2 is 1.39 bits per heavy atom. The summed E-state index contributed by atoms with van der Waals surface area (Å²) in [6.07, 6.45) is 0. The Kier molecular flexibility index (Phi) is 3.11. The molecule has 3 aromatic rings. The lowest BCUT2D eigenvalue weighted by atomic mass is 10.0. The highest BCUT2D eigenvalue weighted by atomic mass is 79.9. The Hall–Kier alpha value is -1.31. The van der Waals surface area contributed by atoms with Gasteiger partial charge in [-0.2, -0.15) is 0 Å². The zero-order valence-electron chi connectivity index (χ0n) is 9.53. The minimum atomic E-state index is 0.737. The molecule has 2 heteroatoms. The summed E-state index contributed by atoms with van der Waals surface area (Å²) in [5.41, 5.74) is 2.32. The Balaban J connectivity index is 2.16. The van der Waals surface area contributed by atoms with E-state index < -0.39 is 0 Å². The second-order valence-corrected chi connectivity index (χ2v) is 5.45. The minimum Gasteiger partial charge on any atom is -0.0831 e. The van der Waals surface area contributed by atoms with Gasteiger partial charge in [-0.15, -0.1) is 0 Å². The van der Waals surface area contributed by atoms with Crippen molar-refractivity contribution in [1.82, 2.24) is 0 Å². The number of halogens is 2. The molecule has 18 heavy (non-hydrogen) atoms. The van der Waals surface area contributed by atoms with E-state index in [1.807, 2.05) is 12.1 Å². The maximum Gasteiger partial charge on any atom is 0.0554 e. The van der Waals surface area contributed by atoms with Gasteiger partial charge in [0.2, 0.25) is 0 Å². The number of hydrogen-bond acceptors (Lipinski definition) is 0. The van der Waals surface area contributed by atoms with Crippen molar-refractivity contribution in [3.63, 3.8) is 0 Å². The van der Waals surface area contributed by atoms with Crippen LogP contribution >= 0.6 is 27.5 Å². The summed E-state index contributed by atoms with van der Waals surface area (Å²) in [5, 5.41) is 3.24. The molecule has 0 aliphatic rings. The topological polar surface area (TPSA) is 0 Å². The van der Waals surface area contributed by atoms with Gasteiger partial charge in [0.05, 0.1) is 5.02 Å². The maximum absolute atomic E-state index is 6.14. The van der Waals surface area contributed by atoms with Crippen molar-refractivity contribution in [1.29, 1.82) is 0 Å². The Morgan fingerprint density at radius 3 is 2.17 bits per heavy atom. The van der Waals surface area contributed by atoms with Gasteiger partial charge in [-0.1, -0.05) is 54.1 Å². The van der Waals surface area contributed by atoms with Crippen LogP contribution in [-0.4, -0.2) is 0 Å². The largest absolute Gasteiger partial charge is 0.0831 e. The third kappa shape index (κ3) is 2.16. The van der Waals surface area contributed by atoms with E-state index in [2.05, 4.69) is 64.5 Å². The number of rotatable bonds is 1. The van der Waals surface area contributed by atoms with Gasteiger partial charge in [-0.25, -0.2) is 0 Å². The summed E-state index contributed by atoms with van der Waals surface area (Å²) in [6.45, 7) is 0. The Bertz CT molecular complexity index is 719. The molecule has 3 aromatic carbocycles. The predicted octanol–water partition coefficient (Wildman–Crippen LogP) is 5.92. The van der Waals surface area contributed by atoms with Crippen LogP contribution in [-0.2, 0) is 0 Å². The molecule has 0 aliphatic heterocycles. The molecule has 0 atom stereocenters. The third-order valence-corrected chi connectivity index (χ3v) is 4.23. The van der Waals surface area contributed by atoms with Gasteiger partial charge in [0.1, 0.15) is 0 Å². The number of hydrogen-bond donors (Lipinski definition) is 0. The maximum atomic E-state index is 6.14. The average molecular weight is 318 g/mol. The summed E-state index contributed by atoms with van der Waals surface area (Å²) >= 11 is 9.54. The van der Waals surface area contributed by atoms with Gasteiger partial charge >= 0.3 is 0 Å². The van der Waals surface area contributed by atoms with Crippen molar-refractivity contribution in [3.05, 3.63) is 70.2 Å². The summed E-state index contributed by atoms with van der Waals surface area (Å²) in [4.78, 5) is 0. The van der Waals surface area contributed by atoms with E-state index in [-0.39, 0.29) is 0 Å². The molecule has 0 bridgehead atoms. The molecular weight excluding hydrogens is 308 g/mol. The molecule has 88 valence electrons. The zero-order valence-corrected chi connectivity index (χ0v) is 11.9. The van der Waals surface area contributed by atoms with Crippen LogP contribution in [0.2, 0.25) is 5.02 Å². The van der Waals surface area contributed by atoms with Gasteiger partial charge in [-0.05, 0) is 56.0 Å². The molecule has 0 N–H and O–H groups in total. The first-order valence-electron chi connectivity index (χ1n) is 5.68. The third-order valence-electron chi connectivity index (χ3n) is 3.00. The molecule has 0 radical (unpaired) electrons. The molecular formula is C16H10BrCl. The van der Waals surface area contributed by atoms with Gasteiger partial charge < -0.3 is 0 Å². The molecule has 0 aliphatic carbocycles. The van der Waals surface area contributed by atoms with Crippen molar-refractivity contribution in [3.8, 4) is 11.1 Å². The lowest BCUT2D eigenvalue weighted by Crippen LogP contribution is -1.80. The van der Waals surface area contributed by atoms with Crippen molar-refractivity contribution < 1.29 is 0 Å². The van der Waals surface area contributed by atoms with Crippen LogP contribution in [0.5, 0.6) is 0 Å². The van der Waals surface area contributed by atoms with Gasteiger partial charge in [0.25, 0.3) is 0 Å². The summed E-state index contributed by atoms with van der Waals surface area (Å²) < 4.78 is 0.925.